The first-order valence-corrected chi connectivity index (χ1v) is 6.97. The van der Waals surface area contributed by atoms with E-state index in [1.165, 1.54) is 0 Å². The second kappa shape index (κ2) is 8.21. The number of aryl methyl sites for hydroxylation is 2. The minimum absolute atomic E-state index is 0. The maximum Gasteiger partial charge on any atom is 0.244 e. The van der Waals surface area contributed by atoms with E-state index in [0.29, 0.717) is 0 Å². The zero-order valence-corrected chi connectivity index (χ0v) is 14.9. The minimum atomic E-state index is 0. The molecule has 2 rings (SSSR count). The van der Waals surface area contributed by atoms with Crippen molar-refractivity contribution in [3.63, 3.8) is 0 Å². The lowest BCUT2D eigenvalue weighted by Gasteiger charge is -2.13. The third-order valence-corrected chi connectivity index (χ3v) is 3.34. The number of hydrogen-bond donors (Lipinski definition) is 2. The summed E-state index contributed by atoms with van der Waals surface area (Å²) < 4.78 is 0. The number of benzene rings is 1. The molecule has 1 aromatic carbocycles. The molecule has 1 aromatic rings. The Morgan fingerprint density at radius 2 is 1.81 bits per heavy atom. The van der Waals surface area contributed by atoms with E-state index >= 15 is 0 Å². The molecule has 1 amide bonds. The third-order valence-electron chi connectivity index (χ3n) is 3.34. The summed E-state index contributed by atoms with van der Waals surface area (Å²) in [6, 6.07) is 6.09. The Hall–Kier alpha value is -1.31. The molecule has 0 atom stereocenters. The summed E-state index contributed by atoms with van der Waals surface area (Å²) in [5.74, 6) is 0.329. The van der Waals surface area contributed by atoms with Crippen molar-refractivity contribution in [2.24, 2.45) is 10.7 Å². The molecule has 1 aliphatic heterocycles. The Morgan fingerprint density at radius 1 is 1.24 bits per heavy atom. The van der Waals surface area contributed by atoms with Gasteiger partial charge in [0, 0.05) is 18.8 Å². The Bertz CT molecular complexity index is 504. The van der Waals surface area contributed by atoms with Gasteiger partial charge < -0.3 is 16.0 Å². The van der Waals surface area contributed by atoms with Crippen LogP contribution in [0.5, 0.6) is 0 Å². The van der Waals surface area contributed by atoms with Gasteiger partial charge in [0.1, 0.15) is 6.54 Å². The summed E-state index contributed by atoms with van der Waals surface area (Å²) in [4.78, 5) is 17.8. The van der Waals surface area contributed by atoms with Crippen LogP contribution >= 0.6 is 24.0 Å². The molecule has 0 aliphatic carbocycles. The van der Waals surface area contributed by atoms with E-state index in [2.05, 4.69) is 16.4 Å². The number of hydrogen-bond acceptors (Lipinski definition) is 2. The van der Waals surface area contributed by atoms with Gasteiger partial charge in [0.25, 0.3) is 0 Å². The molecule has 21 heavy (non-hydrogen) atoms. The molecule has 0 bridgehead atoms. The number of rotatable bonds is 3. The van der Waals surface area contributed by atoms with E-state index < -0.39 is 0 Å². The smallest absolute Gasteiger partial charge is 0.244 e. The van der Waals surface area contributed by atoms with E-state index in [-0.39, 0.29) is 42.4 Å². The lowest BCUT2D eigenvalue weighted by molar-refractivity contribution is -0.128. The van der Waals surface area contributed by atoms with Gasteiger partial charge in [-0.15, -0.1) is 24.0 Å². The lowest BCUT2D eigenvalue weighted by atomic mass is 10.1. The molecule has 1 saturated heterocycles. The maximum absolute atomic E-state index is 11.8. The number of carbonyl (C=O) groups excluding carboxylic acids is 1. The number of likely N-dealkylation sites (tertiary alicyclic amines) is 1. The first-order valence-electron chi connectivity index (χ1n) is 6.97. The standard InChI is InChI=1S/C15H22N4O.HI/c1-11-7-12(2)9-13(8-11)18-15(16)17-10-14(20)19-5-3-4-6-19;/h7-9H,3-6,10H2,1-2H3,(H3,16,17,18);1H. The maximum atomic E-state index is 11.8. The number of amides is 1. The highest BCUT2D eigenvalue weighted by molar-refractivity contribution is 14.0. The number of guanidine groups is 1. The second-order valence-corrected chi connectivity index (χ2v) is 5.29. The Morgan fingerprint density at radius 3 is 2.38 bits per heavy atom. The molecule has 3 N–H and O–H groups in total. The molecule has 1 aliphatic rings. The van der Waals surface area contributed by atoms with Gasteiger partial charge in [0.15, 0.2) is 5.96 Å². The van der Waals surface area contributed by atoms with E-state index in [1.807, 2.05) is 30.9 Å². The predicted molar refractivity (Wildman–Crippen MR) is 97.3 cm³/mol. The largest absolute Gasteiger partial charge is 0.370 e. The van der Waals surface area contributed by atoms with Crippen LogP contribution in [0.2, 0.25) is 0 Å². The van der Waals surface area contributed by atoms with Crippen molar-refractivity contribution in [2.45, 2.75) is 26.7 Å². The molecule has 0 unspecified atom stereocenters. The Balaban J connectivity index is 0.00000220. The quantitative estimate of drug-likeness (QED) is 0.463. The number of halogens is 1. The van der Waals surface area contributed by atoms with E-state index in [9.17, 15) is 4.79 Å². The van der Waals surface area contributed by atoms with Crippen LogP contribution in [0, 0.1) is 13.8 Å². The molecule has 0 saturated carbocycles. The van der Waals surface area contributed by atoms with Gasteiger partial charge in [-0.25, -0.2) is 4.99 Å². The Labute approximate surface area is 143 Å². The molecule has 1 fully saturated rings. The van der Waals surface area contributed by atoms with Crippen LogP contribution in [-0.4, -0.2) is 36.4 Å². The number of nitrogens with one attached hydrogen (secondary N) is 1. The summed E-state index contributed by atoms with van der Waals surface area (Å²) in [7, 11) is 0. The van der Waals surface area contributed by atoms with Gasteiger partial charge in [-0.2, -0.15) is 0 Å². The van der Waals surface area contributed by atoms with Crippen molar-refractivity contribution in [3.05, 3.63) is 29.3 Å². The molecule has 0 radical (unpaired) electrons. The first kappa shape index (κ1) is 17.7. The van der Waals surface area contributed by atoms with E-state index in [1.54, 1.807) is 0 Å². The molecular weight excluding hydrogens is 379 g/mol. The van der Waals surface area contributed by atoms with Crippen LogP contribution in [0.3, 0.4) is 0 Å². The summed E-state index contributed by atoms with van der Waals surface area (Å²) in [5, 5.41) is 3.03. The molecule has 0 spiro atoms. The Kier molecular flexibility index (Phi) is 6.94. The van der Waals surface area contributed by atoms with Crippen molar-refractivity contribution in [1.82, 2.24) is 4.90 Å². The SMILES string of the molecule is Cc1cc(C)cc(NC(N)=NCC(=O)N2CCCC2)c1.I. The fourth-order valence-electron chi connectivity index (χ4n) is 2.45. The van der Waals surface area contributed by atoms with Gasteiger partial charge in [-0.3, -0.25) is 4.79 Å². The molecule has 0 aromatic heterocycles. The van der Waals surface area contributed by atoms with Crippen LogP contribution < -0.4 is 11.1 Å². The highest BCUT2D eigenvalue weighted by Gasteiger charge is 2.16. The van der Waals surface area contributed by atoms with Crippen LogP contribution in [0.4, 0.5) is 5.69 Å². The molecule has 116 valence electrons. The number of nitrogens with two attached hydrogens (primary N) is 1. The zero-order chi connectivity index (χ0) is 14.5. The average Bonchev–Trinajstić information content (AvgIpc) is 2.88. The summed E-state index contributed by atoms with van der Waals surface area (Å²) in [5.41, 5.74) is 9.04. The highest BCUT2D eigenvalue weighted by Crippen LogP contribution is 2.13. The average molecular weight is 402 g/mol. The van der Waals surface area contributed by atoms with Crippen LogP contribution in [0.25, 0.3) is 0 Å². The predicted octanol–water partition coefficient (Wildman–Crippen LogP) is 2.27. The number of nitrogens with zero attached hydrogens (tertiary/aromatic N) is 2. The molecule has 5 nitrogen and oxygen atoms in total. The van der Waals surface area contributed by atoms with Gasteiger partial charge >= 0.3 is 0 Å². The normalized spacial score (nSPS) is 14.8. The molecular formula is C15H23IN4O. The number of anilines is 1. The van der Waals surface area contributed by atoms with Gasteiger partial charge in [0.2, 0.25) is 5.91 Å². The van der Waals surface area contributed by atoms with Crippen LogP contribution in [0.15, 0.2) is 23.2 Å². The van der Waals surface area contributed by atoms with Crippen molar-refractivity contribution in [3.8, 4) is 0 Å². The summed E-state index contributed by atoms with van der Waals surface area (Å²) in [6.07, 6.45) is 2.18. The van der Waals surface area contributed by atoms with Crippen molar-refractivity contribution >= 4 is 41.5 Å². The topological polar surface area (TPSA) is 70.7 Å². The minimum Gasteiger partial charge on any atom is -0.370 e. The van der Waals surface area contributed by atoms with Gasteiger partial charge in [-0.05, 0) is 49.9 Å². The first-order chi connectivity index (χ1) is 9.54. The van der Waals surface area contributed by atoms with Crippen LogP contribution in [0.1, 0.15) is 24.0 Å². The molecule has 1 heterocycles. The fourth-order valence-corrected chi connectivity index (χ4v) is 2.45. The third kappa shape index (κ3) is 5.53. The van der Waals surface area contributed by atoms with Gasteiger partial charge in [-0.1, -0.05) is 6.07 Å². The molecule has 6 heteroatoms. The number of aliphatic imine (C=N–C) groups is 1. The zero-order valence-electron chi connectivity index (χ0n) is 12.6. The van der Waals surface area contributed by atoms with Crippen molar-refractivity contribution < 1.29 is 4.79 Å². The summed E-state index contributed by atoms with van der Waals surface area (Å²) >= 11 is 0. The number of carbonyl (C=O) groups is 1. The highest BCUT2D eigenvalue weighted by atomic mass is 127. The summed E-state index contributed by atoms with van der Waals surface area (Å²) in [6.45, 7) is 5.87. The van der Waals surface area contributed by atoms with Crippen molar-refractivity contribution in [1.29, 1.82) is 0 Å². The van der Waals surface area contributed by atoms with E-state index in [0.717, 1.165) is 42.7 Å². The second-order valence-electron chi connectivity index (χ2n) is 5.29. The van der Waals surface area contributed by atoms with Crippen molar-refractivity contribution in [2.75, 3.05) is 25.0 Å². The fraction of sp³-hybridized carbons (Fsp3) is 0.467. The lowest BCUT2D eigenvalue weighted by Crippen LogP contribution is -2.31. The monoisotopic (exact) mass is 402 g/mol. The van der Waals surface area contributed by atoms with Crippen LogP contribution in [-0.2, 0) is 4.79 Å². The van der Waals surface area contributed by atoms with Gasteiger partial charge in [0.05, 0.1) is 0 Å². The van der Waals surface area contributed by atoms with E-state index in [4.69, 9.17) is 5.73 Å².